The van der Waals surface area contributed by atoms with Gasteiger partial charge in [-0.3, -0.25) is 0 Å². The second-order valence-corrected chi connectivity index (χ2v) is 4.05. The molecule has 84 valence electrons. The smallest absolute Gasteiger partial charge is 0.211 e. The highest BCUT2D eigenvalue weighted by molar-refractivity contribution is 5.69. The zero-order valence-corrected chi connectivity index (χ0v) is 9.90. The summed E-state index contributed by atoms with van der Waals surface area (Å²) in [7, 11) is 0. The molecule has 0 saturated heterocycles. The van der Waals surface area contributed by atoms with E-state index in [0.717, 1.165) is 11.1 Å². The van der Waals surface area contributed by atoms with Crippen molar-refractivity contribution in [1.82, 2.24) is 0 Å². The number of aliphatic imine (C=N–C) groups is 1. The Labute approximate surface area is 101 Å². The number of hydrogen-bond donors (Lipinski definition) is 0. The lowest BCUT2D eigenvalue weighted by Crippen LogP contribution is -1.83. The van der Waals surface area contributed by atoms with Crippen molar-refractivity contribution in [3.63, 3.8) is 0 Å². The van der Waals surface area contributed by atoms with Crippen LogP contribution >= 0.6 is 0 Å². The topological polar surface area (TPSA) is 29.4 Å². The Morgan fingerprint density at radius 2 is 1.71 bits per heavy atom. The van der Waals surface area contributed by atoms with E-state index in [9.17, 15) is 4.79 Å². The first-order valence-corrected chi connectivity index (χ1v) is 5.46. The molecule has 0 saturated carbocycles. The molecule has 0 unspecified atom stereocenters. The van der Waals surface area contributed by atoms with Gasteiger partial charge in [0.05, 0.1) is 5.69 Å². The van der Waals surface area contributed by atoms with Crippen LogP contribution in [0.2, 0.25) is 0 Å². The van der Waals surface area contributed by atoms with Gasteiger partial charge < -0.3 is 0 Å². The number of carbonyl (C=O) groups excluding carboxylic acids is 1. The van der Waals surface area contributed by atoms with Gasteiger partial charge >= 0.3 is 0 Å². The molecule has 2 nitrogen and oxygen atoms in total. The molecular weight excluding hydrogens is 210 g/mol. The second-order valence-electron chi connectivity index (χ2n) is 4.05. The van der Waals surface area contributed by atoms with Crippen LogP contribution < -0.4 is 0 Å². The molecule has 0 aliphatic carbocycles. The van der Waals surface area contributed by atoms with Crippen molar-refractivity contribution in [2.45, 2.75) is 13.8 Å². The van der Waals surface area contributed by atoms with Gasteiger partial charge in [-0.15, -0.1) is 0 Å². The van der Waals surface area contributed by atoms with E-state index in [0.29, 0.717) is 5.69 Å². The van der Waals surface area contributed by atoms with Crippen LogP contribution in [0.15, 0.2) is 47.5 Å². The summed E-state index contributed by atoms with van der Waals surface area (Å²) in [6.45, 7) is 4.18. The summed E-state index contributed by atoms with van der Waals surface area (Å²) in [5.41, 5.74) is 5.36. The first-order valence-electron chi connectivity index (χ1n) is 5.46. The van der Waals surface area contributed by atoms with Gasteiger partial charge in [0.25, 0.3) is 0 Å². The van der Waals surface area contributed by atoms with Gasteiger partial charge in [0, 0.05) is 0 Å². The minimum Gasteiger partial charge on any atom is -0.211 e. The molecule has 0 bridgehead atoms. The highest BCUT2D eigenvalue weighted by Crippen LogP contribution is 2.25. The highest BCUT2D eigenvalue weighted by Gasteiger charge is 2.00. The SMILES string of the molecule is Cc1ccc(-c2cccc(N=C=O)c2)cc1C. The zero-order valence-electron chi connectivity index (χ0n) is 9.90. The fourth-order valence-corrected chi connectivity index (χ4v) is 1.73. The highest BCUT2D eigenvalue weighted by atomic mass is 16.1. The predicted molar refractivity (Wildman–Crippen MR) is 69.1 cm³/mol. The van der Waals surface area contributed by atoms with Crippen LogP contribution in [0, 0.1) is 13.8 Å². The second kappa shape index (κ2) is 4.77. The van der Waals surface area contributed by atoms with Gasteiger partial charge in [-0.05, 0) is 48.2 Å². The van der Waals surface area contributed by atoms with Crippen molar-refractivity contribution < 1.29 is 4.79 Å². The molecule has 0 heterocycles. The van der Waals surface area contributed by atoms with Crippen LogP contribution in [0.4, 0.5) is 5.69 Å². The standard InChI is InChI=1S/C15H13NO/c1-11-6-7-14(8-12(11)2)13-4-3-5-15(9-13)16-10-17/h3-9H,1-2H3. The molecule has 0 fully saturated rings. The van der Waals surface area contributed by atoms with E-state index in [1.807, 2.05) is 18.2 Å². The van der Waals surface area contributed by atoms with E-state index < -0.39 is 0 Å². The fourth-order valence-electron chi connectivity index (χ4n) is 1.73. The number of aryl methyl sites for hydroxylation is 2. The summed E-state index contributed by atoms with van der Waals surface area (Å²) in [6, 6.07) is 13.9. The molecule has 2 aromatic rings. The Morgan fingerprint density at radius 1 is 0.941 bits per heavy atom. The lowest BCUT2D eigenvalue weighted by atomic mass is 10.0. The Balaban J connectivity index is 2.48. The summed E-state index contributed by atoms with van der Waals surface area (Å²) in [4.78, 5) is 13.9. The molecule has 17 heavy (non-hydrogen) atoms. The normalized spacial score (nSPS) is 9.76. The quantitative estimate of drug-likeness (QED) is 0.560. The molecular formula is C15H13NO. The Kier molecular flexibility index (Phi) is 3.17. The van der Waals surface area contributed by atoms with Crippen LogP contribution in [0.1, 0.15) is 11.1 Å². The summed E-state index contributed by atoms with van der Waals surface area (Å²) in [5.74, 6) is 0. The first kappa shape index (κ1) is 11.3. The fraction of sp³-hybridized carbons (Fsp3) is 0.133. The van der Waals surface area contributed by atoms with Gasteiger partial charge in [0.15, 0.2) is 0 Å². The first-order chi connectivity index (χ1) is 8.20. The molecule has 2 aromatic carbocycles. The molecule has 2 heteroatoms. The third-order valence-corrected chi connectivity index (χ3v) is 2.86. The van der Waals surface area contributed by atoms with Crippen LogP contribution in [0.3, 0.4) is 0 Å². The van der Waals surface area contributed by atoms with Crippen molar-refractivity contribution in [2.24, 2.45) is 4.99 Å². The van der Waals surface area contributed by atoms with Crippen molar-refractivity contribution in [1.29, 1.82) is 0 Å². The average Bonchev–Trinajstić information content (AvgIpc) is 2.33. The third-order valence-electron chi connectivity index (χ3n) is 2.86. The van der Waals surface area contributed by atoms with E-state index in [1.165, 1.54) is 11.1 Å². The van der Waals surface area contributed by atoms with Gasteiger partial charge in [-0.1, -0.05) is 30.3 Å². The van der Waals surface area contributed by atoms with Crippen LogP contribution in [0.25, 0.3) is 11.1 Å². The number of hydrogen-bond acceptors (Lipinski definition) is 2. The maximum Gasteiger partial charge on any atom is 0.240 e. The molecule has 0 aliphatic rings. The van der Waals surface area contributed by atoms with Gasteiger partial charge in [0.1, 0.15) is 0 Å². The Hall–Kier alpha value is -2.18. The van der Waals surface area contributed by atoms with Crippen LogP contribution in [-0.2, 0) is 4.79 Å². The van der Waals surface area contributed by atoms with Crippen molar-refractivity contribution >= 4 is 11.8 Å². The maximum atomic E-state index is 10.2. The third kappa shape index (κ3) is 2.49. The van der Waals surface area contributed by atoms with E-state index in [1.54, 1.807) is 12.1 Å². The Morgan fingerprint density at radius 3 is 2.41 bits per heavy atom. The largest absolute Gasteiger partial charge is 0.240 e. The van der Waals surface area contributed by atoms with Crippen molar-refractivity contribution in [3.8, 4) is 11.1 Å². The van der Waals surface area contributed by atoms with Gasteiger partial charge in [-0.25, -0.2) is 4.79 Å². The summed E-state index contributed by atoms with van der Waals surface area (Å²) < 4.78 is 0. The van der Waals surface area contributed by atoms with Crippen LogP contribution in [0.5, 0.6) is 0 Å². The molecule has 0 aliphatic heterocycles. The number of nitrogens with zero attached hydrogens (tertiary/aromatic N) is 1. The summed E-state index contributed by atoms with van der Waals surface area (Å²) in [5, 5.41) is 0. The van der Waals surface area contributed by atoms with E-state index >= 15 is 0 Å². The monoisotopic (exact) mass is 223 g/mol. The number of rotatable bonds is 2. The lowest BCUT2D eigenvalue weighted by molar-refractivity contribution is 0.565. The predicted octanol–water partition coefficient (Wildman–Crippen LogP) is 3.94. The number of benzene rings is 2. The minimum atomic E-state index is 0.635. The minimum absolute atomic E-state index is 0.635. The van der Waals surface area contributed by atoms with E-state index in [-0.39, 0.29) is 0 Å². The van der Waals surface area contributed by atoms with Crippen molar-refractivity contribution in [3.05, 3.63) is 53.6 Å². The lowest BCUT2D eigenvalue weighted by Gasteiger charge is -2.05. The molecule has 0 atom stereocenters. The van der Waals surface area contributed by atoms with E-state index in [4.69, 9.17) is 0 Å². The van der Waals surface area contributed by atoms with E-state index in [2.05, 4.69) is 37.0 Å². The molecule has 0 N–H and O–H groups in total. The summed E-state index contributed by atoms with van der Waals surface area (Å²) in [6.07, 6.45) is 1.56. The zero-order chi connectivity index (χ0) is 12.3. The number of isocyanates is 1. The Bertz CT molecular complexity index is 596. The molecule has 2 rings (SSSR count). The van der Waals surface area contributed by atoms with Crippen LogP contribution in [-0.4, -0.2) is 6.08 Å². The molecule has 0 spiro atoms. The molecule has 0 radical (unpaired) electrons. The maximum absolute atomic E-state index is 10.2. The van der Waals surface area contributed by atoms with Gasteiger partial charge in [0.2, 0.25) is 6.08 Å². The molecule has 0 amide bonds. The summed E-state index contributed by atoms with van der Waals surface area (Å²) >= 11 is 0. The average molecular weight is 223 g/mol. The van der Waals surface area contributed by atoms with Gasteiger partial charge in [-0.2, -0.15) is 4.99 Å². The van der Waals surface area contributed by atoms with Crippen molar-refractivity contribution in [2.75, 3.05) is 0 Å². The molecule has 0 aromatic heterocycles.